The van der Waals surface area contributed by atoms with E-state index in [2.05, 4.69) is 18.7 Å². The molecule has 0 amide bonds. The second-order valence-corrected chi connectivity index (χ2v) is 5.11. The van der Waals surface area contributed by atoms with Crippen molar-refractivity contribution in [1.82, 2.24) is 4.90 Å². The SMILES string of the molecule is COc1ccc(CN2CC(C)CC2C)c(O)c1. The lowest BCUT2D eigenvalue weighted by atomic mass is 10.1. The number of phenolic OH excluding ortho intramolecular Hbond substituents is 1. The highest BCUT2D eigenvalue weighted by atomic mass is 16.5. The summed E-state index contributed by atoms with van der Waals surface area (Å²) in [4.78, 5) is 2.42. The lowest BCUT2D eigenvalue weighted by molar-refractivity contribution is 0.253. The Labute approximate surface area is 103 Å². The molecule has 1 fully saturated rings. The number of benzene rings is 1. The van der Waals surface area contributed by atoms with Crippen molar-refractivity contribution in [2.24, 2.45) is 5.92 Å². The molecule has 0 aliphatic carbocycles. The molecule has 1 aromatic rings. The molecule has 1 heterocycles. The molecule has 0 bridgehead atoms. The van der Waals surface area contributed by atoms with Crippen molar-refractivity contribution >= 4 is 0 Å². The zero-order valence-corrected chi connectivity index (χ0v) is 10.8. The van der Waals surface area contributed by atoms with E-state index < -0.39 is 0 Å². The molecule has 0 radical (unpaired) electrons. The third-order valence-electron chi connectivity index (χ3n) is 3.58. The number of rotatable bonds is 3. The molecule has 17 heavy (non-hydrogen) atoms. The third-order valence-corrected chi connectivity index (χ3v) is 3.58. The molecule has 1 aliphatic heterocycles. The quantitative estimate of drug-likeness (QED) is 0.874. The Bertz CT molecular complexity index is 392. The summed E-state index contributed by atoms with van der Waals surface area (Å²) < 4.78 is 5.08. The van der Waals surface area contributed by atoms with Crippen LogP contribution in [0.15, 0.2) is 18.2 Å². The summed E-state index contributed by atoms with van der Waals surface area (Å²) >= 11 is 0. The van der Waals surface area contributed by atoms with Crippen molar-refractivity contribution < 1.29 is 9.84 Å². The molecule has 1 N–H and O–H groups in total. The lowest BCUT2D eigenvalue weighted by Crippen LogP contribution is -2.26. The fourth-order valence-corrected chi connectivity index (χ4v) is 2.63. The Kier molecular flexibility index (Phi) is 3.57. The average Bonchev–Trinajstić information content (AvgIpc) is 2.60. The van der Waals surface area contributed by atoms with Crippen molar-refractivity contribution in [3.8, 4) is 11.5 Å². The number of ether oxygens (including phenoxy) is 1. The smallest absolute Gasteiger partial charge is 0.123 e. The van der Waals surface area contributed by atoms with Gasteiger partial charge >= 0.3 is 0 Å². The van der Waals surface area contributed by atoms with Crippen molar-refractivity contribution in [3.05, 3.63) is 23.8 Å². The van der Waals surface area contributed by atoms with E-state index in [0.29, 0.717) is 17.5 Å². The molecule has 0 spiro atoms. The van der Waals surface area contributed by atoms with Gasteiger partial charge in [-0.3, -0.25) is 4.90 Å². The highest BCUT2D eigenvalue weighted by molar-refractivity contribution is 5.39. The number of hydrogen-bond acceptors (Lipinski definition) is 3. The zero-order valence-electron chi connectivity index (χ0n) is 10.8. The van der Waals surface area contributed by atoms with Crippen molar-refractivity contribution in [1.29, 1.82) is 0 Å². The zero-order chi connectivity index (χ0) is 12.4. The lowest BCUT2D eigenvalue weighted by Gasteiger charge is -2.21. The minimum atomic E-state index is 0.330. The van der Waals surface area contributed by atoms with E-state index in [-0.39, 0.29) is 0 Å². The molecule has 0 saturated carbocycles. The normalized spacial score (nSPS) is 25.1. The average molecular weight is 235 g/mol. The van der Waals surface area contributed by atoms with E-state index in [1.165, 1.54) is 6.42 Å². The van der Waals surface area contributed by atoms with Crippen LogP contribution in [0.2, 0.25) is 0 Å². The Balaban J connectivity index is 2.08. The minimum absolute atomic E-state index is 0.330. The summed E-state index contributed by atoms with van der Waals surface area (Å²) in [5.74, 6) is 1.79. The molecule has 94 valence electrons. The van der Waals surface area contributed by atoms with Crippen molar-refractivity contribution in [3.63, 3.8) is 0 Å². The molecule has 3 heteroatoms. The van der Waals surface area contributed by atoms with Gasteiger partial charge in [0.2, 0.25) is 0 Å². The first-order valence-corrected chi connectivity index (χ1v) is 6.20. The maximum atomic E-state index is 9.93. The van der Waals surface area contributed by atoms with Crippen LogP contribution in [0.4, 0.5) is 0 Å². The molecular weight excluding hydrogens is 214 g/mol. The molecule has 1 aromatic carbocycles. The number of methoxy groups -OCH3 is 1. The second kappa shape index (κ2) is 4.96. The Morgan fingerprint density at radius 1 is 1.41 bits per heavy atom. The van der Waals surface area contributed by atoms with Gasteiger partial charge in [0.25, 0.3) is 0 Å². The number of aromatic hydroxyl groups is 1. The Hall–Kier alpha value is -1.22. The van der Waals surface area contributed by atoms with Gasteiger partial charge in [0.05, 0.1) is 7.11 Å². The predicted octanol–water partition coefficient (Wildman–Crippen LogP) is 2.63. The summed E-state index contributed by atoms with van der Waals surface area (Å²) in [5, 5.41) is 9.93. The maximum Gasteiger partial charge on any atom is 0.123 e. The van der Waals surface area contributed by atoms with Gasteiger partial charge in [0.15, 0.2) is 0 Å². The molecule has 2 rings (SSSR count). The van der Waals surface area contributed by atoms with Gasteiger partial charge in [-0.05, 0) is 25.3 Å². The van der Waals surface area contributed by atoms with E-state index in [9.17, 15) is 5.11 Å². The van der Waals surface area contributed by atoms with E-state index in [1.54, 1.807) is 13.2 Å². The second-order valence-electron chi connectivity index (χ2n) is 5.11. The first kappa shape index (κ1) is 12.2. The summed E-state index contributed by atoms with van der Waals surface area (Å²) in [7, 11) is 1.61. The molecule has 1 aliphatic rings. The fraction of sp³-hybridized carbons (Fsp3) is 0.571. The predicted molar refractivity (Wildman–Crippen MR) is 68.3 cm³/mol. The van der Waals surface area contributed by atoms with Crippen LogP contribution < -0.4 is 4.74 Å². The highest BCUT2D eigenvalue weighted by Gasteiger charge is 2.26. The maximum absolute atomic E-state index is 9.93. The van der Waals surface area contributed by atoms with Gasteiger partial charge in [-0.25, -0.2) is 0 Å². The van der Waals surface area contributed by atoms with Crippen LogP contribution in [0.5, 0.6) is 11.5 Å². The fourth-order valence-electron chi connectivity index (χ4n) is 2.63. The van der Waals surface area contributed by atoms with E-state index in [0.717, 1.165) is 24.6 Å². The summed E-state index contributed by atoms with van der Waals surface area (Å²) in [6, 6.07) is 6.13. The van der Waals surface area contributed by atoms with Gasteiger partial charge in [0.1, 0.15) is 11.5 Å². The summed E-state index contributed by atoms with van der Waals surface area (Å²) in [5.41, 5.74) is 0.978. The number of nitrogens with zero attached hydrogens (tertiary/aromatic N) is 1. The van der Waals surface area contributed by atoms with Gasteiger partial charge < -0.3 is 9.84 Å². The molecule has 2 unspecified atom stereocenters. The van der Waals surface area contributed by atoms with Crippen molar-refractivity contribution in [2.75, 3.05) is 13.7 Å². The largest absolute Gasteiger partial charge is 0.507 e. The topological polar surface area (TPSA) is 32.7 Å². The summed E-state index contributed by atoms with van der Waals surface area (Å²) in [6.45, 7) is 6.47. The molecule has 2 atom stereocenters. The van der Waals surface area contributed by atoms with Crippen LogP contribution in [-0.2, 0) is 6.54 Å². The number of phenols is 1. The summed E-state index contributed by atoms with van der Waals surface area (Å²) in [6.07, 6.45) is 1.25. The van der Waals surface area contributed by atoms with E-state index in [1.807, 2.05) is 12.1 Å². The highest BCUT2D eigenvalue weighted by Crippen LogP contribution is 2.29. The van der Waals surface area contributed by atoms with Gasteiger partial charge in [-0.1, -0.05) is 13.0 Å². The molecule has 3 nitrogen and oxygen atoms in total. The monoisotopic (exact) mass is 235 g/mol. The number of hydrogen-bond donors (Lipinski definition) is 1. The minimum Gasteiger partial charge on any atom is -0.507 e. The first-order chi connectivity index (χ1) is 8.10. The van der Waals surface area contributed by atoms with Crippen molar-refractivity contribution in [2.45, 2.75) is 32.9 Å². The van der Waals surface area contributed by atoms with E-state index >= 15 is 0 Å². The van der Waals surface area contributed by atoms with Crippen LogP contribution >= 0.6 is 0 Å². The Morgan fingerprint density at radius 3 is 2.71 bits per heavy atom. The first-order valence-electron chi connectivity index (χ1n) is 6.20. The Morgan fingerprint density at radius 2 is 2.18 bits per heavy atom. The van der Waals surface area contributed by atoms with Gasteiger partial charge in [-0.2, -0.15) is 0 Å². The van der Waals surface area contributed by atoms with Gasteiger partial charge in [0, 0.05) is 30.8 Å². The molecular formula is C14H21NO2. The van der Waals surface area contributed by atoms with E-state index in [4.69, 9.17) is 4.74 Å². The van der Waals surface area contributed by atoms with Crippen LogP contribution in [0.3, 0.4) is 0 Å². The van der Waals surface area contributed by atoms with Crippen LogP contribution in [0, 0.1) is 5.92 Å². The molecule has 0 aromatic heterocycles. The van der Waals surface area contributed by atoms with Crippen LogP contribution in [-0.4, -0.2) is 29.7 Å². The van der Waals surface area contributed by atoms with Crippen LogP contribution in [0.25, 0.3) is 0 Å². The molecule has 1 saturated heterocycles. The standard InChI is InChI=1S/C14H21NO2/c1-10-6-11(2)15(8-10)9-12-4-5-13(17-3)7-14(12)16/h4-5,7,10-11,16H,6,8-9H2,1-3H3. The third kappa shape index (κ3) is 2.72. The van der Waals surface area contributed by atoms with Crippen LogP contribution in [0.1, 0.15) is 25.8 Å². The number of likely N-dealkylation sites (tertiary alicyclic amines) is 1. The van der Waals surface area contributed by atoms with Gasteiger partial charge in [-0.15, -0.1) is 0 Å².